The number of benzene rings is 1. The lowest BCUT2D eigenvalue weighted by Crippen LogP contribution is -2.19. The van der Waals surface area contributed by atoms with Crippen LogP contribution < -0.4 is 5.32 Å². The third-order valence-corrected chi connectivity index (χ3v) is 4.88. The summed E-state index contributed by atoms with van der Waals surface area (Å²) in [6.07, 6.45) is 2.11. The van der Waals surface area contributed by atoms with Crippen LogP contribution in [0.1, 0.15) is 47.1 Å². The van der Waals surface area contributed by atoms with E-state index in [-0.39, 0.29) is 0 Å². The molecule has 4 heteroatoms. The van der Waals surface area contributed by atoms with Gasteiger partial charge in [0.25, 0.3) is 0 Å². The molecule has 1 aromatic carbocycles. The molecule has 0 spiro atoms. The van der Waals surface area contributed by atoms with Gasteiger partial charge in [-0.3, -0.25) is 0 Å². The third-order valence-electron chi connectivity index (χ3n) is 4.88. The SMILES string of the molecule is CCCNCCc1cc(C)nc2c(-c3c(C)cc(C)cc3C)c(C)nn12. The van der Waals surface area contributed by atoms with Crippen molar-refractivity contribution < 1.29 is 0 Å². The van der Waals surface area contributed by atoms with Gasteiger partial charge in [0, 0.05) is 24.4 Å². The van der Waals surface area contributed by atoms with Crippen LogP contribution in [0.2, 0.25) is 0 Å². The van der Waals surface area contributed by atoms with Crippen molar-refractivity contribution in [2.75, 3.05) is 13.1 Å². The summed E-state index contributed by atoms with van der Waals surface area (Å²) in [7, 11) is 0. The molecule has 0 bridgehead atoms. The molecule has 0 aliphatic heterocycles. The lowest BCUT2D eigenvalue weighted by atomic mass is 9.94. The number of nitrogens with one attached hydrogen (secondary N) is 1. The number of rotatable bonds is 6. The number of aromatic nitrogens is 3. The molecule has 26 heavy (non-hydrogen) atoms. The Morgan fingerprint density at radius 1 is 0.923 bits per heavy atom. The molecule has 4 nitrogen and oxygen atoms in total. The van der Waals surface area contributed by atoms with Gasteiger partial charge in [-0.1, -0.05) is 24.6 Å². The Morgan fingerprint density at radius 2 is 1.62 bits per heavy atom. The molecule has 0 saturated heterocycles. The summed E-state index contributed by atoms with van der Waals surface area (Å²) in [5.41, 5.74) is 10.6. The molecule has 3 rings (SSSR count). The van der Waals surface area contributed by atoms with E-state index in [4.69, 9.17) is 10.1 Å². The highest BCUT2D eigenvalue weighted by atomic mass is 15.3. The van der Waals surface area contributed by atoms with Crippen molar-refractivity contribution in [3.05, 3.63) is 52.0 Å². The van der Waals surface area contributed by atoms with Gasteiger partial charge in [0.15, 0.2) is 5.65 Å². The van der Waals surface area contributed by atoms with E-state index in [1.807, 2.05) is 4.52 Å². The maximum atomic E-state index is 4.86. The van der Waals surface area contributed by atoms with Crippen LogP contribution in [-0.2, 0) is 6.42 Å². The van der Waals surface area contributed by atoms with Crippen LogP contribution in [0.15, 0.2) is 18.2 Å². The van der Waals surface area contributed by atoms with E-state index in [1.54, 1.807) is 0 Å². The van der Waals surface area contributed by atoms with Crippen molar-refractivity contribution in [1.29, 1.82) is 0 Å². The van der Waals surface area contributed by atoms with Crippen molar-refractivity contribution in [2.24, 2.45) is 0 Å². The van der Waals surface area contributed by atoms with Crippen LogP contribution in [0.5, 0.6) is 0 Å². The van der Waals surface area contributed by atoms with E-state index in [9.17, 15) is 0 Å². The number of fused-ring (bicyclic) bond motifs is 1. The van der Waals surface area contributed by atoms with Crippen LogP contribution in [0.25, 0.3) is 16.8 Å². The second-order valence-electron chi connectivity index (χ2n) is 7.36. The Labute approximate surface area is 156 Å². The molecule has 2 aromatic heterocycles. The van der Waals surface area contributed by atoms with Crippen LogP contribution >= 0.6 is 0 Å². The minimum absolute atomic E-state index is 0.951. The summed E-state index contributed by atoms with van der Waals surface area (Å²) in [5.74, 6) is 0. The van der Waals surface area contributed by atoms with Gasteiger partial charge in [-0.25, -0.2) is 9.50 Å². The molecule has 2 heterocycles. The van der Waals surface area contributed by atoms with E-state index >= 15 is 0 Å². The van der Waals surface area contributed by atoms with Crippen molar-refractivity contribution in [1.82, 2.24) is 19.9 Å². The third kappa shape index (κ3) is 3.51. The van der Waals surface area contributed by atoms with Gasteiger partial charge >= 0.3 is 0 Å². The van der Waals surface area contributed by atoms with Gasteiger partial charge in [-0.15, -0.1) is 0 Å². The van der Waals surface area contributed by atoms with E-state index in [0.717, 1.165) is 43.0 Å². The lowest BCUT2D eigenvalue weighted by molar-refractivity contribution is 0.655. The van der Waals surface area contributed by atoms with Gasteiger partial charge < -0.3 is 5.32 Å². The molecule has 1 N–H and O–H groups in total. The van der Waals surface area contributed by atoms with Crippen molar-refractivity contribution in [3.8, 4) is 11.1 Å². The summed E-state index contributed by atoms with van der Waals surface area (Å²) in [4.78, 5) is 4.86. The molecule has 138 valence electrons. The van der Waals surface area contributed by atoms with E-state index in [2.05, 4.69) is 65.1 Å². The summed E-state index contributed by atoms with van der Waals surface area (Å²) in [6, 6.07) is 6.65. The molecule has 0 atom stereocenters. The highest BCUT2D eigenvalue weighted by molar-refractivity contribution is 5.84. The molecule has 0 radical (unpaired) electrons. The first-order chi connectivity index (χ1) is 12.4. The minimum Gasteiger partial charge on any atom is -0.316 e. The fourth-order valence-electron chi connectivity index (χ4n) is 3.88. The second-order valence-corrected chi connectivity index (χ2v) is 7.36. The van der Waals surface area contributed by atoms with E-state index in [1.165, 1.54) is 33.5 Å². The predicted molar refractivity (Wildman–Crippen MR) is 109 cm³/mol. The fraction of sp³-hybridized carbons (Fsp3) is 0.455. The Bertz CT molecular complexity index is 914. The average molecular weight is 351 g/mol. The second kappa shape index (κ2) is 7.58. The van der Waals surface area contributed by atoms with Crippen LogP contribution in [0.4, 0.5) is 0 Å². The van der Waals surface area contributed by atoms with Crippen molar-refractivity contribution in [2.45, 2.75) is 54.4 Å². The molecule has 0 saturated carbocycles. The monoisotopic (exact) mass is 350 g/mol. The fourth-order valence-corrected chi connectivity index (χ4v) is 3.88. The molecule has 0 amide bonds. The number of hydrogen-bond donors (Lipinski definition) is 1. The molecule has 0 aliphatic carbocycles. The zero-order valence-electron chi connectivity index (χ0n) is 16.9. The van der Waals surface area contributed by atoms with Crippen LogP contribution in [0, 0.1) is 34.6 Å². The van der Waals surface area contributed by atoms with Crippen molar-refractivity contribution in [3.63, 3.8) is 0 Å². The Kier molecular flexibility index (Phi) is 5.42. The molecule has 3 aromatic rings. The number of aryl methyl sites for hydroxylation is 5. The highest BCUT2D eigenvalue weighted by Gasteiger charge is 2.19. The lowest BCUT2D eigenvalue weighted by Gasteiger charge is -2.12. The smallest absolute Gasteiger partial charge is 0.163 e. The summed E-state index contributed by atoms with van der Waals surface area (Å²) in [5, 5.41) is 8.34. The molecule has 0 aliphatic rings. The minimum atomic E-state index is 0.951. The number of hydrogen-bond acceptors (Lipinski definition) is 3. The Balaban J connectivity index is 2.14. The largest absolute Gasteiger partial charge is 0.316 e. The maximum absolute atomic E-state index is 4.86. The average Bonchev–Trinajstić information content (AvgIpc) is 2.87. The zero-order valence-corrected chi connectivity index (χ0v) is 16.9. The molecular formula is C22H30N4. The van der Waals surface area contributed by atoms with Crippen LogP contribution in [-0.4, -0.2) is 27.7 Å². The first kappa shape index (κ1) is 18.6. The normalized spacial score (nSPS) is 11.5. The first-order valence-electron chi connectivity index (χ1n) is 9.57. The van der Waals surface area contributed by atoms with E-state index in [0.29, 0.717) is 0 Å². The molecular weight excluding hydrogens is 320 g/mol. The summed E-state index contributed by atoms with van der Waals surface area (Å²) < 4.78 is 2.05. The Morgan fingerprint density at radius 3 is 2.27 bits per heavy atom. The summed E-state index contributed by atoms with van der Waals surface area (Å²) in [6.45, 7) is 14.9. The standard InChI is InChI=1S/C22H30N4/c1-7-9-23-10-8-19-13-17(5)24-22-21(18(6)25-26(19)22)20-15(3)11-14(2)12-16(20)4/h11-13,23H,7-10H2,1-6H3. The molecule has 0 unspecified atom stereocenters. The Hall–Kier alpha value is -2.20. The van der Waals surface area contributed by atoms with Gasteiger partial charge in [0.2, 0.25) is 0 Å². The van der Waals surface area contributed by atoms with Crippen LogP contribution in [0.3, 0.4) is 0 Å². The van der Waals surface area contributed by atoms with Crippen molar-refractivity contribution >= 4 is 5.65 Å². The zero-order chi connectivity index (χ0) is 18.8. The maximum Gasteiger partial charge on any atom is 0.163 e. The predicted octanol–water partition coefficient (Wildman–Crippen LogP) is 4.48. The quantitative estimate of drug-likeness (QED) is 0.667. The topological polar surface area (TPSA) is 42.2 Å². The van der Waals surface area contributed by atoms with Gasteiger partial charge in [0.1, 0.15) is 0 Å². The molecule has 0 fully saturated rings. The highest BCUT2D eigenvalue weighted by Crippen LogP contribution is 2.34. The van der Waals surface area contributed by atoms with Gasteiger partial charge in [-0.2, -0.15) is 5.10 Å². The van der Waals surface area contributed by atoms with Gasteiger partial charge in [-0.05, 0) is 70.3 Å². The van der Waals surface area contributed by atoms with E-state index < -0.39 is 0 Å². The summed E-state index contributed by atoms with van der Waals surface area (Å²) >= 11 is 0. The number of nitrogens with zero attached hydrogens (tertiary/aromatic N) is 3. The van der Waals surface area contributed by atoms with Gasteiger partial charge in [0.05, 0.1) is 11.3 Å². The first-order valence-corrected chi connectivity index (χ1v) is 9.57.